The van der Waals surface area contributed by atoms with Gasteiger partial charge in [-0.3, -0.25) is 14.3 Å². The number of alkyl halides is 2. The smallest absolute Gasteiger partial charge is 0.321 e. The lowest BCUT2D eigenvalue weighted by molar-refractivity contribution is -0.143. The van der Waals surface area contributed by atoms with Crippen LogP contribution in [0.25, 0.3) is 10.9 Å². The lowest BCUT2D eigenvalue weighted by Gasteiger charge is -2.29. The van der Waals surface area contributed by atoms with E-state index >= 15 is 0 Å². The van der Waals surface area contributed by atoms with Crippen LogP contribution in [0.2, 0.25) is 0 Å². The third kappa shape index (κ3) is 4.56. The molecule has 1 N–H and O–H groups in total. The second-order valence-electron chi connectivity index (χ2n) is 8.97. The summed E-state index contributed by atoms with van der Waals surface area (Å²) in [7, 11) is 0. The Morgan fingerprint density at radius 1 is 1.08 bits per heavy atom. The first-order valence-electron chi connectivity index (χ1n) is 11.5. The molecule has 1 unspecified atom stereocenters. The molecule has 2 heterocycles. The minimum atomic E-state index is -3.56. The number of hydrogen-bond acceptors (Lipinski definition) is 3. The molecule has 9 heteroatoms. The lowest BCUT2D eigenvalue weighted by atomic mass is 9.99. The quantitative estimate of drug-likeness (QED) is 0.419. The van der Waals surface area contributed by atoms with Crippen molar-refractivity contribution in [3.8, 4) is 0 Å². The number of anilines is 1. The molecule has 36 heavy (non-hydrogen) atoms. The van der Waals surface area contributed by atoms with Crippen molar-refractivity contribution < 1.29 is 22.8 Å². The molecule has 1 aliphatic rings. The number of halogens is 3. The van der Waals surface area contributed by atoms with Crippen LogP contribution in [0.5, 0.6) is 0 Å². The Bertz CT molecular complexity index is 1430. The van der Waals surface area contributed by atoms with E-state index in [1.165, 1.54) is 17.0 Å². The van der Waals surface area contributed by atoms with E-state index in [4.69, 9.17) is 0 Å². The summed E-state index contributed by atoms with van der Waals surface area (Å²) in [6.45, 7) is 0.902. The second-order valence-corrected chi connectivity index (χ2v) is 8.97. The summed E-state index contributed by atoms with van der Waals surface area (Å²) < 4.78 is 42.6. The van der Waals surface area contributed by atoms with Crippen molar-refractivity contribution in [1.29, 1.82) is 0 Å². The highest BCUT2D eigenvalue weighted by molar-refractivity contribution is 6.00. The van der Waals surface area contributed by atoms with Gasteiger partial charge in [-0.1, -0.05) is 42.5 Å². The van der Waals surface area contributed by atoms with E-state index in [1.54, 1.807) is 53.3 Å². The van der Waals surface area contributed by atoms with Crippen LogP contribution < -0.4 is 10.2 Å². The monoisotopic (exact) mass is 492 g/mol. The maximum absolute atomic E-state index is 13.6. The van der Waals surface area contributed by atoms with E-state index in [9.17, 15) is 22.8 Å². The molecule has 4 aromatic rings. The normalized spacial score (nSPS) is 18.1. The van der Waals surface area contributed by atoms with Crippen molar-refractivity contribution in [3.63, 3.8) is 0 Å². The average molecular weight is 493 g/mol. The second kappa shape index (κ2) is 9.14. The first kappa shape index (κ1) is 23.6. The van der Waals surface area contributed by atoms with Crippen molar-refractivity contribution in [2.24, 2.45) is 0 Å². The van der Waals surface area contributed by atoms with Gasteiger partial charge in [0.25, 0.3) is 5.91 Å². The highest BCUT2D eigenvalue weighted by Crippen LogP contribution is 2.38. The highest BCUT2D eigenvalue weighted by atomic mass is 19.3. The van der Waals surface area contributed by atoms with Gasteiger partial charge in [-0.25, -0.2) is 4.39 Å². The van der Waals surface area contributed by atoms with Crippen LogP contribution in [0, 0.1) is 5.82 Å². The number of hydrogen-bond donors (Lipinski definition) is 1. The Morgan fingerprint density at radius 2 is 1.86 bits per heavy atom. The molecule has 0 radical (unpaired) electrons. The third-order valence-corrected chi connectivity index (χ3v) is 6.30. The van der Waals surface area contributed by atoms with Gasteiger partial charge in [-0.05, 0) is 41.5 Å². The average Bonchev–Trinajstić information content (AvgIpc) is 3.38. The molecule has 184 valence electrons. The van der Waals surface area contributed by atoms with Crippen molar-refractivity contribution in [3.05, 3.63) is 95.9 Å². The fourth-order valence-electron chi connectivity index (χ4n) is 4.65. The van der Waals surface area contributed by atoms with Crippen LogP contribution in [0.15, 0.2) is 79.0 Å². The molecular formula is C27H23F3N4O2. The van der Waals surface area contributed by atoms with Gasteiger partial charge in [-0.2, -0.15) is 13.9 Å². The fourth-order valence-corrected chi connectivity index (χ4v) is 4.65. The van der Waals surface area contributed by atoms with Crippen molar-refractivity contribution in [2.45, 2.75) is 37.9 Å². The van der Waals surface area contributed by atoms with Crippen LogP contribution in [0.4, 0.5) is 18.9 Å². The fraction of sp³-hybridized carbons (Fsp3) is 0.222. The third-order valence-electron chi connectivity index (χ3n) is 6.30. The molecule has 6 nitrogen and oxygen atoms in total. The highest BCUT2D eigenvalue weighted by Gasteiger charge is 2.45. The Kier molecular flexibility index (Phi) is 5.99. The van der Waals surface area contributed by atoms with Gasteiger partial charge in [-0.15, -0.1) is 0 Å². The summed E-state index contributed by atoms with van der Waals surface area (Å²) >= 11 is 0. The van der Waals surface area contributed by atoms with E-state index in [2.05, 4.69) is 10.4 Å². The van der Waals surface area contributed by atoms with Crippen LogP contribution in [0.3, 0.4) is 0 Å². The molecule has 1 saturated heterocycles. The maximum atomic E-state index is 13.6. The zero-order valence-electron chi connectivity index (χ0n) is 19.4. The molecule has 1 fully saturated rings. The van der Waals surface area contributed by atoms with Crippen molar-refractivity contribution >= 4 is 28.4 Å². The Morgan fingerprint density at radius 3 is 2.58 bits per heavy atom. The number of aromatic nitrogens is 2. The summed E-state index contributed by atoms with van der Waals surface area (Å²) in [5, 5.41) is 7.55. The van der Waals surface area contributed by atoms with Gasteiger partial charge in [0.15, 0.2) is 0 Å². The number of amides is 2. The van der Waals surface area contributed by atoms with Crippen LogP contribution in [-0.4, -0.2) is 33.6 Å². The minimum absolute atomic E-state index is 0.113. The molecule has 2 amide bonds. The molecule has 0 spiro atoms. The number of rotatable bonds is 6. The number of nitrogens with one attached hydrogen (secondary N) is 1. The molecule has 1 aliphatic heterocycles. The minimum Gasteiger partial charge on any atom is -0.345 e. The molecule has 0 bridgehead atoms. The molecular weight excluding hydrogens is 469 g/mol. The summed E-state index contributed by atoms with van der Waals surface area (Å²) in [4.78, 5) is 26.8. The standard InChI is InChI=1S/C27H23F3N4O2/c1-27(29,30)26(36)32-22-14-24(35)34(25(22)18-7-3-2-4-8-18)21-10-11-23-19(13-21)15-31-33(23)16-17-6-5-9-20(28)12-17/h2-13,15,22,25H,14,16H2,1H3,(H,32,36)/t22-,25?/m0/s1. The van der Waals surface area contributed by atoms with Gasteiger partial charge in [0.1, 0.15) is 5.82 Å². The predicted molar refractivity (Wildman–Crippen MR) is 129 cm³/mol. The molecule has 0 aliphatic carbocycles. The van der Waals surface area contributed by atoms with Gasteiger partial charge in [0.2, 0.25) is 5.91 Å². The molecule has 3 aromatic carbocycles. The van der Waals surface area contributed by atoms with Crippen molar-refractivity contribution in [2.75, 3.05) is 4.90 Å². The van der Waals surface area contributed by atoms with E-state index in [0.717, 1.165) is 22.0 Å². The maximum Gasteiger partial charge on any atom is 0.321 e. The Balaban J connectivity index is 1.49. The van der Waals surface area contributed by atoms with E-state index < -0.39 is 23.9 Å². The number of fused-ring (bicyclic) bond motifs is 1. The topological polar surface area (TPSA) is 67.2 Å². The largest absolute Gasteiger partial charge is 0.345 e. The lowest BCUT2D eigenvalue weighted by Crippen LogP contribution is -2.46. The Labute approximate surface area is 205 Å². The number of carbonyl (C=O) groups excluding carboxylic acids is 2. The van der Waals surface area contributed by atoms with Gasteiger partial charge in [0.05, 0.1) is 30.3 Å². The molecule has 1 aromatic heterocycles. The zero-order chi connectivity index (χ0) is 25.4. The number of nitrogens with zero attached hydrogens (tertiary/aromatic N) is 3. The zero-order valence-corrected chi connectivity index (χ0v) is 19.4. The van der Waals surface area contributed by atoms with Gasteiger partial charge >= 0.3 is 5.92 Å². The summed E-state index contributed by atoms with van der Waals surface area (Å²) in [5.74, 6) is -5.60. The summed E-state index contributed by atoms with van der Waals surface area (Å²) in [6, 6.07) is 19.2. The van der Waals surface area contributed by atoms with E-state index in [-0.39, 0.29) is 18.1 Å². The van der Waals surface area contributed by atoms with Crippen molar-refractivity contribution in [1.82, 2.24) is 15.1 Å². The van der Waals surface area contributed by atoms with Crippen LogP contribution in [0.1, 0.15) is 30.5 Å². The molecule has 5 rings (SSSR count). The molecule has 0 saturated carbocycles. The van der Waals surface area contributed by atoms with Crippen LogP contribution >= 0.6 is 0 Å². The van der Waals surface area contributed by atoms with E-state index in [1.807, 2.05) is 18.2 Å². The van der Waals surface area contributed by atoms with Gasteiger partial charge < -0.3 is 10.2 Å². The van der Waals surface area contributed by atoms with Gasteiger partial charge in [0, 0.05) is 24.4 Å². The first-order chi connectivity index (χ1) is 17.2. The number of benzene rings is 3. The SMILES string of the molecule is CC(F)(F)C(=O)N[C@H]1CC(=O)N(c2ccc3c(cnn3Cc3cccc(F)c3)c2)C1c1ccccc1. The predicted octanol–water partition coefficient (Wildman–Crippen LogP) is 4.84. The van der Waals surface area contributed by atoms with Crippen LogP contribution in [-0.2, 0) is 16.1 Å². The van der Waals surface area contributed by atoms with E-state index in [0.29, 0.717) is 19.2 Å². The summed E-state index contributed by atoms with van der Waals surface area (Å²) in [5.41, 5.74) is 2.83. The first-order valence-corrected chi connectivity index (χ1v) is 11.5. The molecule has 2 atom stereocenters. The summed E-state index contributed by atoms with van der Waals surface area (Å²) in [6.07, 6.45) is 1.55. The number of carbonyl (C=O) groups is 2. The Hall–Kier alpha value is -4.14.